The predicted octanol–water partition coefficient (Wildman–Crippen LogP) is 10.0. The highest BCUT2D eigenvalue weighted by atomic mass is 28.4. The van der Waals surface area contributed by atoms with Crippen LogP contribution in [0.3, 0.4) is 0 Å². The number of hydrogen-bond donors (Lipinski definition) is 0. The zero-order chi connectivity index (χ0) is 22.0. The Morgan fingerprint density at radius 2 is 0.793 bits per heavy atom. The molecular formula is C27H58OSi. The van der Waals surface area contributed by atoms with Crippen molar-refractivity contribution in [2.24, 2.45) is 17.8 Å². The van der Waals surface area contributed by atoms with E-state index in [9.17, 15) is 0 Å². The first-order valence-electron chi connectivity index (χ1n) is 13.4. The second-order valence-electron chi connectivity index (χ2n) is 11.1. The average molecular weight is 427 g/mol. The summed E-state index contributed by atoms with van der Waals surface area (Å²) in [6, 6.07) is 4.05. The van der Waals surface area contributed by atoms with Crippen LogP contribution in [0, 0.1) is 17.8 Å². The summed E-state index contributed by atoms with van der Waals surface area (Å²) in [6.45, 7) is 17.6. The monoisotopic (exact) mass is 426 g/mol. The maximum Gasteiger partial charge on any atom is 0.193 e. The van der Waals surface area contributed by atoms with Crippen LogP contribution in [0.2, 0.25) is 18.1 Å². The lowest BCUT2D eigenvalue weighted by Gasteiger charge is -2.36. The van der Waals surface area contributed by atoms with Crippen LogP contribution in [0.1, 0.15) is 132 Å². The Hall–Kier alpha value is 0.177. The SMILES string of the molecule is CCCCCCCCCCCCCCCO[Si](CC(C)C)(CC(C)C)CC(C)C. The summed E-state index contributed by atoms with van der Waals surface area (Å²) < 4.78 is 6.80. The van der Waals surface area contributed by atoms with Gasteiger partial charge in [0.15, 0.2) is 8.32 Å². The highest BCUT2D eigenvalue weighted by molar-refractivity contribution is 6.74. The van der Waals surface area contributed by atoms with Gasteiger partial charge in [-0.3, -0.25) is 0 Å². The van der Waals surface area contributed by atoms with Gasteiger partial charge < -0.3 is 4.43 Å². The molecule has 0 aliphatic carbocycles. The van der Waals surface area contributed by atoms with Gasteiger partial charge in [0.05, 0.1) is 0 Å². The molecular weight excluding hydrogens is 368 g/mol. The molecule has 0 spiro atoms. The quantitative estimate of drug-likeness (QED) is 0.131. The molecule has 0 fully saturated rings. The van der Waals surface area contributed by atoms with Crippen LogP contribution in [0.15, 0.2) is 0 Å². The molecule has 0 saturated heterocycles. The minimum Gasteiger partial charge on any atom is -0.417 e. The fraction of sp³-hybridized carbons (Fsp3) is 1.00. The summed E-state index contributed by atoms with van der Waals surface area (Å²) in [4.78, 5) is 0. The van der Waals surface area contributed by atoms with E-state index >= 15 is 0 Å². The minimum absolute atomic E-state index is 0.769. The topological polar surface area (TPSA) is 9.23 Å². The van der Waals surface area contributed by atoms with E-state index in [1.165, 1.54) is 102 Å². The van der Waals surface area contributed by atoms with Gasteiger partial charge in [-0.15, -0.1) is 0 Å². The fourth-order valence-electron chi connectivity index (χ4n) is 5.07. The summed E-state index contributed by atoms with van der Waals surface area (Å²) >= 11 is 0. The molecule has 0 bridgehead atoms. The molecule has 0 aliphatic heterocycles. The van der Waals surface area contributed by atoms with Gasteiger partial charge in [-0.1, -0.05) is 126 Å². The summed E-state index contributed by atoms with van der Waals surface area (Å²) in [5.74, 6) is 2.31. The van der Waals surface area contributed by atoms with Crippen molar-refractivity contribution in [1.29, 1.82) is 0 Å². The van der Waals surface area contributed by atoms with Gasteiger partial charge in [0.2, 0.25) is 0 Å². The smallest absolute Gasteiger partial charge is 0.193 e. The largest absolute Gasteiger partial charge is 0.417 e. The molecule has 0 N–H and O–H groups in total. The Morgan fingerprint density at radius 1 is 0.483 bits per heavy atom. The normalized spacial score (nSPS) is 12.6. The molecule has 0 unspecified atom stereocenters. The van der Waals surface area contributed by atoms with Crippen molar-refractivity contribution >= 4 is 8.32 Å². The zero-order valence-electron chi connectivity index (χ0n) is 21.7. The number of unbranched alkanes of at least 4 members (excludes halogenated alkanes) is 12. The average Bonchev–Trinajstić information content (AvgIpc) is 2.60. The molecule has 0 aromatic heterocycles. The molecule has 0 heterocycles. The Balaban J connectivity index is 3.89. The predicted molar refractivity (Wildman–Crippen MR) is 136 cm³/mol. The van der Waals surface area contributed by atoms with Crippen LogP contribution in [0.4, 0.5) is 0 Å². The highest BCUT2D eigenvalue weighted by Crippen LogP contribution is 2.33. The molecule has 0 saturated carbocycles. The summed E-state index contributed by atoms with van der Waals surface area (Å²) in [6.07, 6.45) is 18.5. The Bertz CT molecular complexity index is 311. The molecule has 29 heavy (non-hydrogen) atoms. The van der Waals surface area contributed by atoms with Crippen molar-refractivity contribution in [2.75, 3.05) is 6.61 Å². The molecule has 0 aromatic carbocycles. The van der Waals surface area contributed by atoms with Crippen LogP contribution in [0.25, 0.3) is 0 Å². The van der Waals surface area contributed by atoms with Crippen LogP contribution < -0.4 is 0 Å². The van der Waals surface area contributed by atoms with E-state index in [0.29, 0.717) is 0 Å². The van der Waals surface area contributed by atoms with Crippen molar-refractivity contribution in [3.8, 4) is 0 Å². The molecule has 0 radical (unpaired) electrons. The van der Waals surface area contributed by atoms with E-state index in [2.05, 4.69) is 48.5 Å². The van der Waals surface area contributed by atoms with Gasteiger partial charge in [-0.2, -0.15) is 0 Å². The van der Waals surface area contributed by atoms with Crippen molar-refractivity contribution < 1.29 is 4.43 Å². The van der Waals surface area contributed by atoms with Crippen LogP contribution in [-0.4, -0.2) is 14.9 Å². The fourth-order valence-corrected chi connectivity index (χ4v) is 11.0. The summed E-state index contributed by atoms with van der Waals surface area (Å²) in [5.41, 5.74) is 0. The molecule has 1 nitrogen and oxygen atoms in total. The van der Waals surface area contributed by atoms with Crippen molar-refractivity contribution in [2.45, 2.75) is 150 Å². The molecule has 0 rings (SSSR count). The van der Waals surface area contributed by atoms with E-state index in [1.54, 1.807) is 0 Å². The van der Waals surface area contributed by atoms with Crippen molar-refractivity contribution in [3.05, 3.63) is 0 Å². The van der Waals surface area contributed by atoms with Gasteiger partial charge in [-0.05, 0) is 42.3 Å². The van der Waals surface area contributed by atoms with Crippen LogP contribution in [0.5, 0.6) is 0 Å². The lowest BCUT2D eigenvalue weighted by molar-refractivity contribution is 0.273. The standard InChI is InChI=1S/C27H58OSi/c1-8-9-10-11-12-13-14-15-16-17-18-19-20-21-28-29(22-25(2)3,23-26(4)5)24-27(6)7/h25-27H,8-24H2,1-7H3. The van der Waals surface area contributed by atoms with Crippen molar-refractivity contribution in [1.82, 2.24) is 0 Å². The maximum atomic E-state index is 6.80. The summed E-state index contributed by atoms with van der Waals surface area (Å²) in [5, 5.41) is 0. The van der Waals surface area contributed by atoms with Gasteiger partial charge in [0.25, 0.3) is 0 Å². The van der Waals surface area contributed by atoms with E-state index < -0.39 is 8.32 Å². The van der Waals surface area contributed by atoms with Gasteiger partial charge in [-0.25, -0.2) is 0 Å². The third kappa shape index (κ3) is 18.6. The lowest BCUT2D eigenvalue weighted by atomic mass is 10.0. The van der Waals surface area contributed by atoms with Crippen LogP contribution in [-0.2, 0) is 4.43 Å². The first kappa shape index (κ1) is 29.2. The highest BCUT2D eigenvalue weighted by Gasteiger charge is 2.36. The zero-order valence-corrected chi connectivity index (χ0v) is 22.7. The maximum absolute atomic E-state index is 6.80. The van der Waals surface area contributed by atoms with Gasteiger partial charge in [0.1, 0.15) is 0 Å². The molecule has 0 aliphatic rings. The second kappa shape index (κ2) is 18.9. The minimum atomic E-state index is -1.59. The third-order valence-electron chi connectivity index (χ3n) is 6.00. The third-order valence-corrected chi connectivity index (χ3v) is 11.5. The molecule has 0 aromatic rings. The van der Waals surface area contributed by atoms with Gasteiger partial charge >= 0.3 is 0 Å². The Kier molecular flexibility index (Phi) is 19.0. The molecule has 0 atom stereocenters. The summed E-state index contributed by atoms with van der Waals surface area (Å²) in [7, 11) is -1.59. The molecule has 176 valence electrons. The van der Waals surface area contributed by atoms with E-state index in [4.69, 9.17) is 4.43 Å². The van der Waals surface area contributed by atoms with Gasteiger partial charge in [0, 0.05) is 6.61 Å². The second-order valence-corrected chi connectivity index (χ2v) is 14.9. The number of hydrogen-bond acceptors (Lipinski definition) is 1. The van der Waals surface area contributed by atoms with Crippen molar-refractivity contribution in [3.63, 3.8) is 0 Å². The number of rotatable bonds is 21. The van der Waals surface area contributed by atoms with E-state index in [0.717, 1.165) is 24.4 Å². The molecule has 2 heteroatoms. The first-order valence-corrected chi connectivity index (χ1v) is 16.0. The Labute approximate surface area is 187 Å². The van der Waals surface area contributed by atoms with Crippen LogP contribution >= 0.6 is 0 Å². The molecule has 0 amide bonds. The van der Waals surface area contributed by atoms with E-state index in [1.807, 2.05) is 0 Å². The first-order chi connectivity index (χ1) is 13.8. The lowest BCUT2D eigenvalue weighted by Crippen LogP contribution is -2.42. The van der Waals surface area contributed by atoms with E-state index in [-0.39, 0.29) is 0 Å². The Morgan fingerprint density at radius 3 is 1.10 bits per heavy atom.